The maximum Gasteiger partial charge on any atom is 0.233 e. The van der Waals surface area contributed by atoms with Gasteiger partial charge in [0, 0.05) is 6.04 Å². The van der Waals surface area contributed by atoms with E-state index in [1.807, 2.05) is 12.1 Å². The summed E-state index contributed by atoms with van der Waals surface area (Å²) in [5.74, 6) is 2.22. The molecule has 3 nitrogen and oxygen atoms in total. The molecular formula is C15H23NO2S. The summed E-state index contributed by atoms with van der Waals surface area (Å²) in [6.07, 6.45) is 6.45. The van der Waals surface area contributed by atoms with Gasteiger partial charge in [-0.05, 0) is 30.9 Å². The van der Waals surface area contributed by atoms with Crippen LogP contribution < -0.4 is 5.32 Å². The Balaban J connectivity index is 1.85. The molecule has 19 heavy (non-hydrogen) atoms. The number of amides is 1. The molecule has 1 unspecified atom stereocenters. The van der Waals surface area contributed by atoms with Crippen LogP contribution in [0.4, 0.5) is 0 Å². The van der Waals surface area contributed by atoms with Crippen LogP contribution in [0, 0.1) is 5.92 Å². The van der Waals surface area contributed by atoms with Crippen molar-refractivity contribution >= 4 is 17.7 Å². The van der Waals surface area contributed by atoms with Gasteiger partial charge in [0.15, 0.2) is 0 Å². The number of thioether (sulfide) groups is 1. The average molecular weight is 281 g/mol. The van der Waals surface area contributed by atoms with E-state index >= 15 is 0 Å². The predicted octanol–water partition coefficient (Wildman–Crippen LogP) is 3.60. The highest BCUT2D eigenvalue weighted by molar-refractivity contribution is 7.99. The maximum absolute atomic E-state index is 12.3. The Hall–Kier alpha value is -0.900. The van der Waals surface area contributed by atoms with Crippen LogP contribution in [0.1, 0.15) is 45.3 Å². The lowest BCUT2D eigenvalue weighted by Crippen LogP contribution is -2.41. The van der Waals surface area contributed by atoms with E-state index in [9.17, 15) is 4.79 Å². The van der Waals surface area contributed by atoms with Crippen molar-refractivity contribution in [2.75, 3.05) is 0 Å². The number of hydrogen-bond acceptors (Lipinski definition) is 3. The van der Waals surface area contributed by atoms with Gasteiger partial charge in [-0.25, -0.2) is 0 Å². The molecule has 0 aromatic carbocycles. The Bertz CT molecular complexity index is 383. The van der Waals surface area contributed by atoms with E-state index in [0.717, 1.165) is 24.4 Å². The van der Waals surface area contributed by atoms with Crippen LogP contribution in [0.25, 0.3) is 0 Å². The maximum atomic E-state index is 12.3. The molecule has 0 spiro atoms. The fourth-order valence-corrected chi connectivity index (χ4v) is 3.60. The molecular weight excluding hydrogens is 258 g/mol. The van der Waals surface area contributed by atoms with Crippen molar-refractivity contribution in [2.45, 2.75) is 56.6 Å². The zero-order valence-corrected chi connectivity index (χ0v) is 12.5. The van der Waals surface area contributed by atoms with Crippen molar-refractivity contribution in [3.05, 3.63) is 24.2 Å². The SMILES string of the molecule is CC(C)C(SCc1ccco1)C(=O)NC1CCCC1. The van der Waals surface area contributed by atoms with Gasteiger partial charge in [-0.1, -0.05) is 26.7 Å². The largest absolute Gasteiger partial charge is 0.468 e. The van der Waals surface area contributed by atoms with Gasteiger partial charge in [0.25, 0.3) is 0 Å². The zero-order valence-electron chi connectivity index (χ0n) is 11.7. The van der Waals surface area contributed by atoms with Gasteiger partial charge in [-0.15, -0.1) is 11.8 Å². The summed E-state index contributed by atoms with van der Waals surface area (Å²) in [5, 5.41) is 3.21. The first-order valence-corrected chi connectivity index (χ1v) is 8.16. The second kappa shape index (κ2) is 7.04. The van der Waals surface area contributed by atoms with Crippen molar-refractivity contribution in [1.82, 2.24) is 5.32 Å². The molecule has 1 atom stereocenters. The van der Waals surface area contributed by atoms with Crippen LogP contribution in [0.2, 0.25) is 0 Å². The lowest BCUT2D eigenvalue weighted by Gasteiger charge is -2.22. The summed E-state index contributed by atoms with van der Waals surface area (Å²) in [7, 11) is 0. The quantitative estimate of drug-likeness (QED) is 0.866. The number of carbonyl (C=O) groups is 1. The molecule has 2 rings (SSSR count). The molecule has 0 bridgehead atoms. The summed E-state index contributed by atoms with van der Waals surface area (Å²) in [6.45, 7) is 4.21. The second-order valence-electron chi connectivity index (χ2n) is 5.54. The van der Waals surface area contributed by atoms with E-state index < -0.39 is 0 Å². The lowest BCUT2D eigenvalue weighted by molar-refractivity contribution is -0.121. The van der Waals surface area contributed by atoms with E-state index in [1.165, 1.54) is 12.8 Å². The molecule has 1 aromatic rings. The lowest BCUT2D eigenvalue weighted by atomic mass is 10.1. The average Bonchev–Trinajstić information content (AvgIpc) is 3.01. The smallest absolute Gasteiger partial charge is 0.233 e. The monoisotopic (exact) mass is 281 g/mol. The highest BCUT2D eigenvalue weighted by atomic mass is 32.2. The molecule has 0 saturated heterocycles. The summed E-state index contributed by atoms with van der Waals surface area (Å²) >= 11 is 1.67. The standard InChI is InChI=1S/C15H23NO2S/c1-11(2)14(19-10-13-8-5-9-18-13)15(17)16-12-6-3-4-7-12/h5,8-9,11-12,14H,3-4,6-7,10H2,1-2H3,(H,16,17). The molecule has 106 valence electrons. The second-order valence-corrected chi connectivity index (χ2v) is 6.67. The van der Waals surface area contributed by atoms with Gasteiger partial charge in [-0.2, -0.15) is 0 Å². The minimum Gasteiger partial charge on any atom is -0.468 e. The van der Waals surface area contributed by atoms with E-state index in [4.69, 9.17) is 4.42 Å². The zero-order chi connectivity index (χ0) is 13.7. The summed E-state index contributed by atoms with van der Waals surface area (Å²) < 4.78 is 5.32. The van der Waals surface area contributed by atoms with Crippen LogP contribution in [0.5, 0.6) is 0 Å². The van der Waals surface area contributed by atoms with Crippen LogP contribution in [-0.4, -0.2) is 17.2 Å². The number of hydrogen-bond donors (Lipinski definition) is 1. The van der Waals surface area contributed by atoms with E-state index in [1.54, 1.807) is 18.0 Å². The molecule has 0 aliphatic heterocycles. The first-order chi connectivity index (χ1) is 9.16. The van der Waals surface area contributed by atoms with Gasteiger partial charge >= 0.3 is 0 Å². The summed E-state index contributed by atoms with van der Waals surface area (Å²) in [4.78, 5) is 12.3. The summed E-state index contributed by atoms with van der Waals surface area (Å²) in [5.41, 5.74) is 0. The number of furan rings is 1. The van der Waals surface area contributed by atoms with Gasteiger partial charge < -0.3 is 9.73 Å². The topological polar surface area (TPSA) is 42.2 Å². The summed E-state index contributed by atoms with van der Waals surface area (Å²) in [6, 6.07) is 4.25. The van der Waals surface area contributed by atoms with Crippen molar-refractivity contribution in [1.29, 1.82) is 0 Å². The van der Waals surface area contributed by atoms with Crippen molar-refractivity contribution < 1.29 is 9.21 Å². The number of rotatable bonds is 6. The Morgan fingerprint density at radius 2 is 2.21 bits per heavy atom. The van der Waals surface area contributed by atoms with Gasteiger partial charge in [0.05, 0.1) is 17.3 Å². The Labute approximate surface area is 119 Å². The fourth-order valence-electron chi connectivity index (χ4n) is 2.49. The van der Waals surface area contributed by atoms with Crippen molar-refractivity contribution in [2.24, 2.45) is 5.92 Å². The van der Waals surface area contributed by atoms with Crippen LogP contribution in [0.3, 0.4) is 0 Å². The third-order valence-corrected chi connectivity index (χ3v) is 5.12. The first-order valence-electron chi connectivity index (χ1n) is 7.11. The molecule has 1 N–H and O–H groups in total. The molecule has 1 amide bonds. The van der Waals surface area contributed by atoms with Gasteiger partial charge in [0.1, 0.15) is 5.76 Å². The predicted molar refractivity (Wildman–Crippen MR) is 79.0 cm³/mol. The van der Waals surface area contributed by atoms with Crippen LogP contribution in [0.15, 0.2) is 22.8 Å². The molecule has 1 aliphatic rings. The Morgan fingerprint density at radius 3 is 2.79 bits per heavy atom. The fraction of sp³-hybridized carbons (Fsp3) is 0.667. The Morgan fingerprint density at radius 1 is 1.47 bits per heavy atom. The van der Waals surface area contributed by atoms with E-state index in [2.05, 4.69) is 19.2 Å². The highest BCUT2D eigenvalue weighted by Gasteiger charge is 2.26. The molecule has 1 fully saturated rings. The third kappa shape index (κ3) is 4.30. The Kier molecular flexibility index (Phi) is 5.37. The van der Waals surface area contributed by atoms with Gasteiger partial charge in [0.2, 0.25) is 5.91 Å². The van der Waals surface area contributed by atoms with Crippen LogP contribution >= 0.6 is 11.8 Å². The molecule has 1 saturated carbocycles. The molecule has 1 aliphatic carbocycles. The van der Waals surface area contributed by atoms with E-state index in [-0.39, 0.29) is 11.2 Å². The van der Waals surface area contributed by atoms with Gasteiger partial charge in [-0.3, -0.25) is 4.79 Å². The van der Waals surface area contributed by atoms with Crippen molar-refractivity contribution in [3.63, 3.8) is 0 Å². The first kappa shape index (κ1) is 14.5. The van der Waals surface area contributed by atoms with Crippen LogP contribution in [-0.2, 0) is 10.5 Å². The minimum absolute atomic E-state index is 0.00528. The molecule has 1 heterocycles. The number of carbonyl (C=O) groups excluding carboxylic acids is 1. The molecule has 4 heteroatoms. The van der Waals surface area contributed by atoms with E-state index in [0.29, 0.717) is 12.0 Å². The number of nitrogens with one attached hydrogen (secondary N) is 1. The molecule has 0 radical (unpaired) electrons. The van der Waals surface area contributed by atoms with Crippen molar-refractivity contribution in [3.8, 4) is 0 Å². The normalized spacial score (nSPS) is 17.8. The highest BCUT2D eigenvalue weighted by Crippen LogP contribution is 2.25. The third-order valence-electron chi connectivity index (χ3n) is 3.55. The minimum atomic E-state index is 0.00528. The molecule has 1 aromatic heterocycles.